The Morgan fingerprint density at radius 3 is 2.30 bits per heavy atom. The van der Waals surface area contributed by atoms with E-state index < -0.39 is 0 Å². The van der Waals surface area contributed by atoms with E-state index in [0.29, 0.717) is 5.92 Å². The molecule has 3 heteroatoms. The predicted molar refractivity (Wildman–Crippen MR) is 96.3 cm³/mol. The van der Waals surface area contributed by atoms with Crippen molar-refractivity contribution in [3.05, 3.63) is 35.9 Å². The average Bonchev–Trinajstić information content (AvgIpc) is 2.50. The Hall–Kier alpha value is -1.35. The molecule has 0 aliphatic carbocycles. The molecule has 0 bridgehead atoms. The zero-order valence-corrected chi connectivity index (χ0v) is 14.4. The topological polar surface area (TPSA) is 26.3 Å². The van der Waals surface area contributed by atoms with E-state index in [1.165, 1.54) is 0 Å². The number of piperidine rings is 1. The Morgan fingerprint density at radius 2 is 1.78 bits per heavy atom. The number of hydrogen-bond acceptors (Lipinski definition) is 2. The Bertz CT molecular complexity index is 474. The molecular formula is C20H34NO2+. The van der Waals surface area contributed by atoms with Gasteiger partial charge in [-0.05, 0) is 11.5 Å². The van der Waals surface area contributed by atoms with Crippen LogP contribution in [0.3, 0.4) is 0 Å². The monoisotopic (exact) mass is 320 g/mol. The molecule has 0 spiro atoms. The van der Waals surface area contributed by atoms with E-state index in [1.54, 1.807) is 0 Å². The minimum atomic E-state index is -0.143. The molecule has 3 nitrogen and oxygen atoms in total. The minimum Gasteiger partial charge on any atom is -0.461 e. The lowest BCUT2D eigenvalue weighted by Gasteiger charge is -2.37. The van der Waals surface area contributed by atoms with Gasteiger partial charge in [0.15, 0.2) is 0 Å². The fourth-order valence-corrected chi connectivity index (χ4v) is 3.19. The fourth-order valence-electron chi connectivity index (χ4n) is 3.19. The van der Waals surface area contributed by atoms with Gasteiger partial charge in [-0.3, -0.25) is 4.79 Å². The second-order valence-electron chi connectivity index (χ2n) is 7.29. The summed E-state index contributed by atoms with van der Waals surface area (Å²) < 4.78 is 6.90. The number of carbonyl (C=O) groups excluding carboxylic acids is 1. The third kappa shape index (κ3) is 5.35. The van der Waals surface area contributed by atoms with Crippen molar-refractivity contribution in [2.75, 3.05) is 27.2 Å². The Kier molecular flexibility index (Phi) is 7.27. The molecule has 23 heavy (non-hydrogen) atoms. The van der Waals surface area contributed by atoms with Crippen LogP contribution in [0.25, 0.3) is 0 Å². The fraction of sp³-hybridized carbons (Fsp3) is 0.650. The highest BCUT2D eigenvalue weighted by Crippen LogP contribution is 2.30. The first-order valence-electron chi connectivity index (χ1n) is 8.50. The van der Waals surface area contributed by atoms with Crippen LogP contribution >= 0.6 is 0 Å². The Morgan fingerprint density at radius 1 is 1.22 bits per heavy atom. The van der Waals surface area contributed by atoms with Gasteiger partial charge < -0.3 is 9.22 Å². The maximum absolute atomic E-state index is 12.7. The number of rotatable bonds is 5. The van der Waals surface area contributed by atoms with E-state index in [4.69, 9.17) is 4.74 Å². The summed E-state index contributed by atoms with van der Waals surface area (Å²) in [5.74, 6) is 0.110. The first kappa shape index (κ1) is 19.7. The van der Waals surface area contributed by atoms with Crippen LogP contribution in [0, 0.1) is 5.92 Å². The van der Waals surface area contributed by atoms with Gasteiger partial charge in [0.2, 0.25) is 0 Å². The molecule has 2 unspecified atom stereocenters. The highest BCUT2D eigenvalue weighted by atomic mass is 16.5. The Labute approximate surface area is 142 Å². The van der Waals surface area contributed by atoms with E-state index in [2.05, 4.69) is 27.9 Å². The van der Waals surface area contributed by atoms with Crippen LogP contribution in [0.1, 0.15) is 52.0 Å². The third-order valence-electron chi connectivity index (χ3n) is 5.02. The molecule has 1 aliphatic rings. The SMILES string of the molecule is C.CCC(C)C(C(=O)OC1CC[N+](C)(C)CC1)c1ccccc1. The van der Waals surface area contributed by atoms with Crippen molar-refractivity contribution in [3.63, 3.8) is 0 Å². The lowest BCUT2D eigenvalue weighted by atomic mass is 9.85. The standard InChI is InChI=1S/C19H30NO2.CH4/c1-5-15(2)18(16-9-7-6-8-10-16)19(21)22-17-11-13-20(3,4)14-12-17;/h6-10,15,17-18H,5,11-14H2,1-4H3;1H4/q+1;. The molecule has 1 aromatic carbocycles. The van der Waals surface area contributed by atoms with E-state index in [9.17, 15) is 4.79 Å². The summed E-state index contributed by atoms with van der Waals surface area (Å²) in [6.45, 7) is 6.43. The van der Waals surface area contributed by atoms with Crippen LogP contribution in [-0.2, 0) is 9.53 Å². The first-order chi connectivity index (χ1) is 10.4. The molecule has 0 aromatic heterocycles. The van der Waals surface area contributed by atoms with Gasteiger partial charge in [0.1, 0.15) is 6.10 Å². The molecule has 1 fully saturated rings. The predicted octanol–water partition coefficient (Wildman–Crippen LogP) is 4.23. The molecule has 1 aromatic rings. The number of benzene rings is 1. The van der Waals surface area contributed by atoms with E-state index >= 15 is 0 Å². The highest BCUT2D eigenvalue weighted by molar-refractivity contribution is 5.78. The van der Waals surface area contributed by atoms with Crippen LogP contribution in [0.5, 0.6) is 0 Å². The number of quaternary nitrogens is 1. The highest BCUT2D eigenvalue weighted by Gasteiger charge is 2.33. The van der Waals surface area contributed by atoms with Gasteiger partial charge in [0.25, 0.3) is 0 Å². The van der Waals surface area contributed by atoms with Gasteiger partial charge in [0.05, 0.1) is 33.1 Å². The van der Waals surface area contributed by atoms with Crippen molar-refractivity contribution >= 4 is 5.97 Å². The van der Waals surface area contributed by atoms with Gasteiger partial charge in [-0.15, -0.1) is 0 Å². The lowest BCUT2D eigenvalue weighted by molar-refractivity contribution is -0.896. The minimum absolute atomic E-state index is 0. The zero-order chi connectivity index (χ0) is 16.2. The summed E-state index contributed by atoms with van der Waals surface area (Å²) in [4.78, 5) is 12.7. The molecule has 0 saturated carbocycles. The number of likely N-dealkylation sites (tertiary alicyclic amines) is 1. The van der Waals surface area contributed by atoms with E-state index in [-0.39, 0.29) is 25.4 Å². The molecule has 0 N–H and O–H groups in total. The van der Waals surface area contributed by atoms with E-state index in [1.807, 2.05) is 30.3 Å². The number of esters is 1. The lowest BCUT2D eigenvalue weighted by Crippen LogP contribution is -2.48. The van der Waals surface area contributed by atoms with Crippen molar-refractivity contribution in [2.24, 2.45) is 5.92 Å². The van der Waals surface area contributed by atoms with Gasteiger partial charge in [-0.2, -0.15) is 0 Å². The molecule has 0 amide bonds. The number of nitrogens with zero attached hydrogens (tertiary/aromatic N) is 1. The molecule has 2 rings (SSSR count). The zero-order valence-electron chi connectivity index (χ0n) is 14.4. The van der Waals surface area contributed by atoms with Crippen molar-refractivity contribution < 1.29 is 14.0 Å². The van der Waals surface area contributed by atoms with Crippen molar-refractivity contribution in [3.8, 4) is 0 Å². The second-order valence-corrected chi connectivity index (χ2v) is 7.29. The summed E-state index contributed by atoms with van der Waals surface area (Å²) in [5.41, 5.74) is 1.08. The smallest absolute Gasteiger partial charge is 0.313 e. The molecule has 1 aliphatic heterocycles. The summed E-state index contributed by atoms with van der Waals surface area (Å²) in [6.07, 6.45) is 3.01. The maximum Gasteiger partial charge on any atom is 0.313 e. The summed E-state index contributed by atoms with van der Waals surface area (Å²) in [7, 11) is 4.48. The quantitative estimate of drug-likeness (QED) is 0.599. The van der Waals surface area contributed by atoms with Gasteiger partial charge >= 0.3 is 5.97 Å². The van der Waals surface area contributed by atoms with Crippen LogP contribution in [0.2, 0.25) is 0 Å². The van der Waals surface area contributed by atoms with Gasteiger partial charge in [-0.25, -0.2) is 0 Å². The van der Waals surface area contributed by atoms with Crippen LogP contribution in [0.4, 0.5) is 0 Å². The Balaban J connectivity index is 0.00000264. The summed E-state index contributed by atoms with van der Waals surface area (Å²) >= 11 is 0. The third-order valence-corrected chi connectivity index (χ3v) is 5.02. The molecular weight excluding hydrogens is 286 g/mol. The largest absolute Gasteiger partial charge is 0.461 e. The first-order valence-corrected chi connectivity index (χ1v) is 8.50. The number of ether oxygens (including phenoxy) is 1. The average molecular weight is 320 g/mol. The van der Waals surface area contributed by atoms with E-state index in [0.717, 1.165) is 42.4 Å². The normalized spacial score (nSPS) is 20.2. The van der Waals surface area contributed by atoms with Gasteiger partial charge in [0, 0.05) is 12.8 Å². The number of hydrogen-bond donors (Lipinski definition) is 0. The molecule has 1 heterocycles. The van der Waals surface area contributed by atoms with Crippen LogP contribution in [-0.4, -0.2) is 43.7 Å². The molecule has 0 radical (unpaired) electrons. The number of carbonyl (C=O) groups is 1. The molecule has 2 atom stereocenters. The van der Waals surface area contributed by atoms with Gasteiger partial charge in [-0.1, -0.05) is 58.0 Å². The second kappa shape index (κ2) is 8.49. The summed E-state index contributed by atoms with van der Waals surface area (Å²) in [6, 6.07) is 10.1. The molecule has 1 saturated heterocycles. The van der Waals surface area contributed by atoms with Crippen molar-refractivity contribution in [1.82, 2.24) is 0 Å². The van der Waals surface area contributed by atoms with Crippen molar-refractivity contribution in [2.45, 2.75) is 52.6 Å². The summed E-state index contributed by atoms with van der Waals surface area (Å²) in [5, 5.41) is 0. The maximum atomic E-state index is 12.7. The molecule has 130 valence electrons. The van der Waals surface area contributed by atoms with Crippen LogP contribution in [0.15, 0.2) is 30.3 Å². The van der Waals surface area contributed by atoms with Crippen molar-refractivity contribution in [1.29, 1.82) is 0 Å². The van der Waals surface area contributed by atoms with Crippen LogP contribution < -0.4 is 0 Å².